The molecule has 1 aromatic carbocycles. The van der Waals surface area contributed by atoms with Crippen molar-refractivity contribution in [2.45, 2.75) is 40.2 Å². The number of rotatable bonds is 8. The van der Waals surface area contributed by atoms with Crippen LogP contribution in [0.1, 0.15) is 44.7 Å². The minimum atomic E-state index is 0.581. The van der Waals surface area contributed by atoms with Crippen LogP contribution in [0.25, 0.3) is 0 Å². The molecular formula is C17H30N2. The quantitative estimate of drug-likeness (QED) is 0.771. The van der Waals surface area contributed by atoms with E-state index < -0.39 is 0 Å². The minimum absolute atomic E-state index is 0.581. The molecule has 1 atom stereocenters. The lowest BCUT2D eigenvalue weighted by atomic mass is 9.99. The first kappa shape index (κ1) is 16.2. The van der Waals surface area contributed by atoms with Gasteiger partial charge in [-0.05, 0) is 36.6 Å². The summed E-state index contributed by atoms with van der Waals surface area (Å²) in [7, 11) is 2.01. The molecule has 0 heterocycles. The van der Waals surface area contributed by atoms with Gasteiger partial charge < -0.3 is 5.32 Å². The molecule has 0 radical (unpaired) electrons. The lowest BCUT2D eigenvalue weighted by Gasteiger charge is -2.22. The topological polar surface area (TPSA) is 15.3 Å². The molecule has 1 unspecified atom stereocenters. The Morgan fingerprint density at radius 2 is 1.74 bits per heavy atom. The first-order valence-corrected chi connectivity index (χ1v) is 7.52. The minimum Gasteiger partial charge on any atom is -0.319 e. The summed E-state index contributed by atoms with van der Waals surface area (Å²) in [6.45, 7) is 13.5. The molecule has 1 aromatic rings. The second-order valence-electron chi connectivity index (χ2n) is 5.92. The van der Waals surface area contributed by atoms with Crippen molar-refractivity contribution in [3.8, 4) is 0 Å². The van der Waals surface area contributed by atoms with Crippen molar-refractivity contribution in [1.82, 2.24) is 10.2 Å². The highest BCUT2D eigenvalue weighted by atomic mass is 15.1. The normalized spacial score (nSPS) is 13.2. The average molecular weight is 262 g/mol. The third-order valence-electron chi connectivity index (χ3n) is 3.54. The van der Waals surface area contributed by atoms with E-state index in [4.69, 9.17) is 0 Å². The van der Waals surface area contributed by atoms with E-state index in [0.29, 0.717) is 5.92 Å². The summed E-state index contributed by atoms with van der Waals surface area (Å²) in [6, 6.07) is 9.12. The van der Waals surface area contributed by atoms with Crippen molar-refractivity contribution >= 4 is 0 Å². The average Bonchev–Trinajstić information content (AvgIpc) is 2.38. The third kappa shape index (κ3) is 5.75. The Morgan fingerprint density at radius 3 is 2.21 bits per heavy atom. The van der Waals surface area contributed by atoms with E-state index >= 15 is 0 Å². The van der Waals surface area contributed by atoms with Crippen molar-refractivity contribution in [2.24, 2.45) is 5.92 Å². The molecule has 1 N–H and O–H groups in total. The molecule has 108 valence electrons. The third-order valence-corrected chi connectivity index (χ3v) is 3.54. The molecule has 0 bridgehead atoms. The number of hydrogen-bond acceptors (Lipinski definition) is 2. The van der Waals surface area contributed by atoms with Gasteiger partial charge in [0.05, 0.1) is 0 Å². The van der Waals surface area contributed by atoms with Crippen LogP contribution in [-0.2, 0) is 6.54 Å². The second kappa shape index (κ2) is 8.34. The number of nitrogens with zero attached hydrogens (tertiary/aromatic N) is 1. The molecule has 0 spiro atoms. The maximum absolute atomic E-state index is 3.24. The molecule has 2 nitrogen and oxygen atoms in total. The Hall–Kier alpha value is -0.860. The highest BCUT2D eigenvalue weighted by Crippen LogP contribution is 2.16. The van der Waals surface area contributed by atoms with Crippen molar-refractivity contribution in [3.05, 3.63) is 35.4 Å². The van der Waals surface area contributed by atoms with Gasteiger partial charge in [0.1, 0.15) is 0 Å². The fourth-order valence-corrected chi connectivity index (χ4v) is 2.46. The van der Waals surface area contributed by atoms with Gasteiger partial charge in [-0.25, -0.2) is 0 Å². The van der Waals surface area contributed by atoms with E-state index in [-0.39, 0.29) is 0 Å². The molecule has 0 aliphatic carbocycles. The Morgan fingerprint density at radius 1 is 1.11 bits per heavy atom. The van der Waals surface area contributed by atoms with E-state index in [1.54, 1.807) is 0 Å². The van der Waals surface area contributed by atoms with Crippen LogP contribution in [0, 0.1) is 5.92 Å². The zero-order valence-electron chi connectivity index (χ0n) is 13.2. The van der Waals surface area contributed by atoms with Crippen LogP contribution in [0.2, 0.25) is 0 Å². The van der Waals surface area contributed by atoms with Gasteiger partial charge >= 0.3 is 0 Å². The fraction of sp³-hybridized carbons (Fsp3) is 0.647. The van der Waals surface area contributed by atoms with E-state index in [2.05, 4.69) is 62.2 Å². The highest BCUT2D eigenvalue weighted by molar-refractivity contribution is 5.25. The molecule has 0 aromatic heterocycles. The number of benzene rings is 1. The van der Waals surface area contributed by atoms with Crippen molar-refractivity contribution in [2.75, 3.05) is 26.7 Å². The molecule has 0 saturated heterocycles. The zero-order chi connectivity index (χ0) is 14.3. The van der Waals surface area contributed by atoms with Crippen LogP contribution >= 0.6 is 0 Å². The SMILES string of the molecule is CCN(Cc1ccc(C(C)CNC)cc1)CC(C)C. The van der Waals surface area contributed by atoms with Crippen LogP contribution in [0.3, 0.4) is 0 Å². The van der Waals surface area contributed by atoms with Crippen molar-refractivity contribution < 1.29 is 0 Å². The molecular weight excluding hydrogens is 232 g/mol. The summed E-state index contributed by atoms with van der Waals surface area (Å²) in [5, 5.41) is 3.24. The molecule has 0 amide bonds. The summed E-state index contributed by atoms with van der Waals surface area (Å²) < 4.78 is 0. The highest BCUT2D eigenvalue weighted by Gasteiger charge is 2.07. The molecule has 1 rings (SSSR count). The van der Waals surface area contributed by atoms with Gasteiger partial charge in [0.15, 0.2) is 0 Å². The van der Waals surface area contributed by atoms with Gasteiger partial charge in [-0.15, -0.1) is 0 Å². The number of likely N-dealkylation sites (N-methyl/N-ethyl adjacent to an activating group) is 1. The first-order chi connectivity index (χ1) is 9.06. The zero-order valence-corrected chi connectivity index (χ0v) is 13.2. The Labute approximate surface area is 119 Å². The van der Waals surface area contributed by atoms with Gasteiger partial charge in [0, 0.05) is 19.6 Å². The van der Waals surface area contributed by atoms with E-state index in [0.717, 1.165) is 25.6 Å². The molecule has 2 heteroatoms. The molecule has 0 fully saturated rings. The lowest BCUT2D eigenvalue weighted by molar-refractivity contribution is 0.248. The predicted octanol–water partition coefficient (Wildman–Crippen LogP) is 3.49. The Bertz CT molecular complexity index is 343. The van der Waals surface area contributed by atoms with Gasteiger partial charge in [-0.3, -0.25) is 4.90 Å². The van der Waals surface area contributed by atoms with E-state index in [9.17, 15) is 0 Å². The molecule has 0 aliphatic rings. The largest absolute Gasteiger partial charge is 0.319 e. The van der Waals surface area contributed by atoms with Crippen molar-refractivity contribution in [1.29, 1.82) is 0 Å². The van der Waals surface area contributed by atoms with Crippen LogP contribution in [-0.4, -0.2) is 31.6 Å². The van der Waals surface area contributed by atoms with Crippen LogP contribution in [0.15, 0.2) is 24.3 Å². The first-order valence-electron chi connectivity index (χ1n) is 7.52. The second-order valence-corrected chi connectivity index (χ2v) is 5.92. The maximum atomic E-state index is 3.24. The molecule has 19 heavy (non-hydrogen) atoms. The Balaban J connectivity index is 2.60. The lowest BCUT2D eigenvalue weighted by Crippen LogP contribution is -2.27. The smallest absolute Gasteiger partial charge is 0.0233 e. The maximum Gasteiger partial charge on any atom is 0.0233 e. The van der Waals surface area contributed by atoms with Gasteiger partial charge in [-0.2, -0.15) is 0 Å². The van der Waals surface area contributed by atoms with Crippen molar-refractivity contribution in [3.63, 3.8) is 0 Å². The summed E-state index contributed by atoms with van der Waals surface area (Å²) >= 11 is 0. The number of hydrogen-bond donors (Lipinski definition) is 1. The van der Waals surface area contributed by atoms with Crippen LogP contribution in [0.5, 0.6) is 0 Å². The standard InChI is InChI=1S/C17H30N2/c1-6-19(12-14(2)3)13-16-7-9-17(10-8-16)15(4)11-18-5/h7-10,14-15,18H,6,11-13H2,1-5H3. The van der Waals surface area contributed by atoms with Crippen LogP contribution in [0.4, 0.5) is 0 Å². The predicted molar refractivity (Wildman–Crippen MR) is 84.6 cm³/mol. The summed E-state index contributed by atoms with van der Waals surface area (Å²) in [5.41, 5.74) is 2.84. The molecule has 0 saturated carbocycles. The van der Waals surface area contributed by atoms with Gasteiger partial charge in [0.25, 0.3) is 0 Å². The number of nitrogens with one attached hydrogen (secondary N) is 1. The summed E-state index contributed by atoms with van der Waals surface area (Å²) in [6.07, 6.45) is 0. The van der Waals surface area contributed by atoms with Gasteiger partial charge in [-0.1, -0.05) is 52.0 Å². The summed E-state index contributed by atoms with van der Waals surface area (Å²) in [4.78, 5) is 2.51. The molecule has 0 aliphatic heterocycles. The van der Waals surface area contributed by atoms with E-state index in [1.807, 2.05) is 7.05 Å². The monoisotopic (exact) mass is 262 g/mol. The van der Waals surface area contributed by atoms with Crippen LogP contribution < -0.4 is 5.32 Å². The van der Waals surface area contributed by atoms with Gasteiger partial charge in [0.2, 0.25) is 0 Å². The summed E-state index contributed by atoms with van der Waals surface area (Å²) in [5.74, 6) is 1.31. The van der Waals surface area contributed by atoms with E-state index in [1.165, 1.54) is 17.7 Å². The fourth-order valence-electron chi connectivity index (χ4n) is 2.46. The Kier molecular flexibility index (Phi) is 7.11.